The summed E-state index contributed by atoms with van der Waals surface area (Å²) in [5, 5.41) is 2.76. The lowest BCUT2D eigenvalue weighted by molar-refractivity contribution is -0.128. The molecule has 0 saturated carbocycles. The second-order valence-corrected chi connectivity index (χ2v) is 9.48. The molecule has 9 heteroatoms. The molecule has 0 spiro atoms. The van der Waals surface area contributed by atoms with Gasteiger partial charge in [0, 0.05) is 31.5 Å². The summed E-state index contributed by atoms with van der Waals surface area (Å²) >= 11 is 0. The van der Waals surface area contributed by atoms with E-state index in [9.17, 15) is 18.0 Å². The summed E-state index contributed by atoms with van der Waals surface area (Å²) in [5.41, 5.74) is 1.50. The van der Waals surface area contributed by atoms with Crippen LogP contribution in [-0.2, 0) is 25.8 Å². The Hall–Kier alpha value is -3.07. The van der Waals surface area contributed by atoms with Crippen LogP contribution in [0.1, 0.15) is 12.0 Å². The Balaban J connectivity index is 1.56. The SMILES string of the molecule is COc1ccc(CCN2C[C@@H](C(=O)Nc3ccc(S(C)(=O)=O)cc3)CC2=O)cc1OC. The van der Waals surface area contributed by atoms with Gasteiger partial charge in [-0.15, -0.1) is 0 Å². The molecule has 2 aromatic carbocycles. The third kappa shape index (κ3) is 5.55. The van der Waals surface area contributed by atoms with Gasteiger partial charge in [0.15, 0.2) is 21.3 Å². The first-order valence-corrected chi connectivity index (χ1v) is 11.7. The third-order valence-corrected chi connectivity index (χ3v) is 6.38. The summed E-state index contributed by atoms with van der Waals surface area (Å²) in [5.74, 6) is 0.506. The van der Waals surface area contributed by atoms with Gasteiger partial charge in [0.25, 0.3) is 0 Å². The summed E-state index contributed by atoms with van der Waals surface area (Å²) in [4.78, 5) is 26.8. The maximum atomic E-state index is 12.6. The highest BCUT2D eigenvalue weighted by atomic mass is 32.2. The Bertz CT molecular complexity index is 1070. The van der Waals surface area contributed by atoms with Crippen molar-refractivity contribution in [3.63, 3.8) is 0 Å². The van der Waals surface area contributed by atoms with E-state index in [1.807, 2.05) is 18.2 Å². The van der Waals surface area contributed by atoms with Crippen molar-refractivity contribution in [2.45, 2.75) is 17.7 Å². The number of carbonyl (C=O) groups is 2. The van der Waals surface area contributed by atoms with E-state index in [-0.39, 0.29) is 23.1 Å². The Labute approximate surface area is 182 Å². The number of anilines is 1. The third-order valence-electron chi connectivity index (χ3n) is 5.25. The van der Waals surface area contributed by atoms with E-state index in [0.717, 1.165) is 11.8 Å². The van der Waals surface area contributed by atoms with E-state index >= 15 is 0 Å². The summed E-state index contributed by atoms with van der Waals surface area (Å²) in [6.07, 6.45) is 1.91. The zero-order chi connectivity index (χ0) is 22.6. The number of benzene rings is 2. The fourth-order valence-electron chi connectivity index (χ4n) is 3.49. The topological polar surface area (TPSA) is 102 Å². The van der Waals surface area contributed by atoms with Crippen LogP contribution in [0, 0.1) is 5.92 Å². The van der Waals surface area contributed by atoms with Crippen molar-refractivity contribution in [3.05, 3.63) is 48.0 Å². The van der Waals surface area contributed by atoms with Crippen molar-refractivity contribution in [1.29, 1.82) is 0 Å². The van der Waals surface area contributed by atoms with Gasteiger partial charge in [-0.1, -0.05) is 6.07 Å². The van der Waals surface area contributed by atoms with Crippen LogP contribution < -0.4 is 14.8 Å². The number of rotatable bonds is 8. The molecular formula is C22H26N2O6S. The molecule has 2 amide bonds. The highest BCUT2D eigenvalue weighted by Gasteiger charge is 2.34. The van der Waals surface area contributed by atoms with E-state index in [2.05, 4.69) is 5.32 Å². The van der Waals surface area contributed by atoms with Gasteiger partial charge >= 0.3 is 0 Å². The molecule has 0 unspecified atom stereocenters. The van der Waals surface area contributed by atoms with Crippen molar-refractivity contribution in [2.24, 2.45) is 5.92 Å². The zero-order valence-electron chi connectivity index (χ0n) is 17.8. The van der Waals surface area contributed by atoms with E-state index < -0.39 is 15.8 Å². The van der Waals surface area contributed by atoms with Gasteiger partial charge < -0.3 is 19.7 Å². The Morgan fingerprint density at radius 1 is 1.10 bits per heavy atom. The number of hydrogen-bond acceptors (Lipinski definition) is 6. The predicted octanol–water partition coefficient (Wildman–Crippen LogP) is 2.14. The van der Waals surface area contributed by atoms with Gasteiger partial charge in [0.1, 0.15) is 0 Å². The Morgan fingerprint density at radius 3 is 2.39 bits per heavy atom. The number of sulfone groups is 1. The van der Waals surface area contributed by atoms with Gasteiger partial charge in [-0.3, -0.25) is 9.59 Å². The lowest BCUT2D eigenvalue weighted by atomic mass is 10.1. The Kier molecular flexibility index (Phi) is 6.84. The van der Waals surface area contributed by atoms with Crippen LogP contribution in [0.3, 0.4) is 0 Å². The second-order valence-electron chi connectivity index (χ2n) is 7.47. The fourth-order valence-corrected chi connectivity index (χ4v) is 4.12. The van der Waals surface area contributed by atoms with Crippen LogP contribution in [0.25, 0.3) is 0 Å². The summed E-state index contributed by atoms with van der Waals surface area (Å²) in [7, 11) is -0.147. The largest absolute Gasteiger partial charge is 0.493 e. The van der Waals surface area contributed by atoms with Crippen LogP contribution in [0.15, 0.2) is 47.4 Å². The number of ether oxygens (including phenoxy) is 2. The average Bonchev–Trinajstić information content (AvgIpc) is 3.12. The molecule has 0 aliphatic carbocycles. The standard InChI is InChI=1S/C22H26N2O6S/c1-29-19-9-4-15(12-20(19)30-2)10-11-24-14-16(13-21(24)25)22(26)23-17-5-7-18(8-6-17)31(3,27)28/h4-9,12,16H,10-11,13-14H2,1-3H3,(H,23,26)/t16-/m0/s1. The Morgan fingerprint density at radius 2 is 1.77 bits per heavy atom. The minimum absolute atomic E-state index is 0.0620. The molecule has 1 aliphatic rings. The smallest absolute Gasteiger partial charge is 0.229 e. The molecular weight excluding hydrogens is 420 g/mol. The van der Waals surface area contributed by atoms with Gasteiger partial charge in [0.2, 0.25) is 11.8 Å². The number of nitrogens with zero attached hydrogens (tertiary/aromatic N) is 1. The number of methoxy groups -OCH3 is 2. The minimum Gasteiger partial charge on any atom is -0.493 e. The van der Waals surface area contributed by atoms with Crippen LogP contribution in [0.4, 0.5) is 5.69 Å². The molecule has 0 radical (unpaired) electrons. The normalized spacial score (nSPS) is 16.3. The number of nitrogens with one attached hydrogen (secondary N) is 1. The summed E-state index contributed by atoms with van der Waals surface area (Å²) < 4.78 is 33.6. The molecule has 3 rings (SSSR count). The number of hydrogen-bond donors (Lipinski definition) is 1. The van der Waals surface area contributed by atoms with Crippen molar-refractivity contribution in [2.75, 3.05) is 38.9 Å². The monoisotopic (exact) mass is 446 g/mol. The van der Waals surface area contributed by atoms with Crippen LogP contribution >= 0.6 is 0 Å². The molecule has 1 heterocycles. The lowest BCUT2D eigenvalue weighted by Crippen LogP contribution is -2.30. The molecule has 1 aliphatic heterocycles. The van der Waals surface area contributed by atoms with Crippen molar-refractivity contribution in [3.8, 4) is 11.5 Å². The van der Waals surface area contributed by atoms with Crippen molar-refractivity contribution in [1.82, 2.24) is 4.90 Å². The van der Waals surface area contributed by atoms with Gasteiger partial charge in [-0.2, -0.15) is 0 Å². The van der Waals surface area contributed by atoms with Gasteiger partial charge in [-0.05, 0) is 48.4 Å². The molecule has 1 saturated heterocycles. The highest BCUT2D eigenvalue weighted by molar-refractivity contribution is 7.90. The van der Waals surface area contributed by atoms with E-state index in [1.54, 1.807) is 31.3 Å². The second kappa shape index (κ2) is 9.38. The molecule has 166 valence electrons. The van der Waals surface area contributed by atoms with Crippen molar-refractivity contribution < 1.29 is 27.5 Å². The minimum atomic E-state index is -3.29. The molecule has 1 fully saturated rings. The summed E-state index contributed by atoms with van der Waals surface area (Å²) in [6.45, 7) is 0.848. The van der Waals surface area contributed by atoms with Crippen LogP contribution in [0.2, 0.25) is 0 Å². The van der Waals surface area contributed by atoms with Gasteiger partial charge in [-0.25, -0.2) is 8.42 Å². The number of amides is 2. The maximum Gasteiger partial charge on any atom is 0.229 e. The highest BCUT2D eigenvalue weighted by Crippen LogP contribution is 2.28. The summed E-state index contributed by atoms with van der Waals surface area (Å²) in [6, 6.07) is 11.6. The van der Waals surface area contributed by atoms with Crippen LogP contribution in [-0.4, -0.2) is 58.7 Å². The first kappa shape index (κ1) is 22.6. The van der Waals surface area contributed by atoms with Gasteiger partial charge in [0.05, 0.1) is 25.0 Å². The molecule has 0 aromatic heterocycles. The fraction of sp³-hybridized carbons (Fsp3) is 0.364. The molecule has 2 aromatic rings. The molecule has 1 N–H and O–H groups in total. The predicted molar refractivity (Wildman–Crippen MR) is 116 cm³/mol. The number of carbonyl (C=O) groups excluding carboxylic acids is 2. The molecule has 0 bridgehead atoms. The van der Waals surface area contributed by atoms with Crippen LogP contribution in [0.5, 0.6) is 11.5 Å². The quantitative estimate of drug-likeness (QED) is 0.667. The maximum absolute atomic E-state index is 12.6. The number of likely N-dealkylation sites (tertiary alicyclic amines) is 1. The lowest BCUT2D eigenvalue weighted by Gasteiger charge is -2.17. The first-order chi connectivity index (χ1) is 14.7. The van der Waals surface area contributed by atoms with Crippen molar-refractivity contribution >= 4 is 27.3 Å². The van der Waals surface area contributed by atoms with E-state index in [1.165, 1.54) is 12.1 Å². The first-order valence-electron chi connectivity index (χ1n) is 9.81. The van der Waals surface area contributed by atoms with E-state index in [0.29, 0.717) is 36.7 Å². The molecule has 1 atom stereocenters. The van der Waals surface area contributed by atoms with E-state index in [4.69, 9.17) is 9.47 Å². The molecule has 8 nitrogen and oxygen atoms in total. The zero-order valence-corrected chi connectivity index (χ0v) is 18.6. The average molecular weight is 447 g/mol. The molecule has 31 heavy (non-hydrogen) atoms.